The van der Waals surface area contributed by atoms with Gasteiger partial charge in [-0.05, 0) is 89.0 Å². The number of hydrogen-bond donors (Lipinski definition) is 0. The molecule has 9 aromatic carbocycles. The Kier molecular flexibility index (Phi) is 7.23. The van der Waals surface area contributed by atoms with Crippen LogP contribution in [0.25, 0.3) is 126 Å². The Morgan fingerprint density at radius 2 is 0.905 bits per heavy atom. The summed E-state index contributed by atoms with van der Waals surface area (Å²) in [5, 5.41) is 18.1. The van der Waals surface area contributed by atoms with Crippen molar-refractivity contribution in [2.24, 2.45) is 0 Å². The molecular formula is C56H29FN4O2. The molecule has 0 unspecified atom stereocenters. The predicted octanol–water partition coefficient (Wildman–Crippen LogP) is 15.6. The molecule has 0 N–H and O–H groups in total. The van der Waals surface area contributed by atoms with E-state index in [0.29, 0.717) is 33.2 Å². The van der Waals surface area contributed by atoms with Gasteiger partial charge in [0.1, 0.15) is 28.4 Å². The van der Waals surface area contributed by atoms with Crippen LogP contribution in [0.1, 0.15) is 5.56 Å². The molecule has 0 fully saturated rings. The molecule has 0 bridgehead atoms. The van der Waals surface area contributed by atoms with Crippen molar-refractivity contribution in [1.29, 1.82) is 5.26 Å². The Morgan fingerprint density at radius 1 is 0.444 bits per heavy atom. The average Bonchev–Trinajstić information content (AvgIpc) is 4.09. The van der Waals surface area contributed by atoms with Gasteiger partial charge >= 0.3 is 0 Å². The Hall–Kier alpha value is -8.91. The quantitative estimate of drug-likeness (QED) is 0.166. The van der Waals surface area contributed by atoms with E-state index in [1.165, 1.54) is 6.07 Å². The third-order valence-corrected chi connectivity index (χ3v) is 12.6. The molecule has 13 rings (SSSR count). The van der Waals surface area contributed by atoms with Gasteiger partial charge in [-0.2, -0.15) is 5.26 Å². The number of benzene rings is 9. The Labute approximate surface area is 357 Å². The van der Waals surface area contributed by atoms with Gasteiger partial charge in [0.15, 0.2) is 5.82 Å². The van der Waals surface area contributed by atoms with Crippen molar-refractivity contribution in [2.45, 2.75) is 0 Å². The lowest BCUT2D eigenvalue weighted by atomic mass is 10.0. The minimum atomic E-state index is -0.689. The second-order valence-corrected chi connectivity index (χ2v) is 15.9. The second-order valence-electron chi connectivity index (χ2n) is 15.9. The van der Waals surface area contributed by atoms with Gasteiger partial charge in [0.25, 0.3) is 0 Å². The van der Waals surface area contributed by atoms with Crippen molar-refractivity contribution < 1.29 is 13.2 Å². The number of rotatable bonds is 4. The van der Waals surface area contributed by atoms with Crippen LogP contribution in [0.15, 0.2) is 185 Å². The Balaban J connectivity index is 1.18. The molecule has 0 aliphatic carbocycles. The maximum absolute atomic E-state index is 18.7. The fourth-order valence-electron chi connectivity index (χ4n) is 9.97. The lowest BCUT2D eigenvalue weighted by Gasteiger charge is -2.18. The highest BCUT2D eigenvalue weighted by molar-refractivity contribution is 6.29. The number of nitriles is 1. The number of aromatic nitrogens is 2. The van der Waals surface area contributed by atoms with Crippen molar-refractivity contribution >= 4 is 93.2 Å². The summed E-state index contributed by atoms with van der Waals surface area (Å²) >= 11 is 0. The molecule has 4 heterocycles. The van der Waals surface area contributed by atoms with Crippen LogP contribution in [0.5, 0.6) is 0 Å². The number of fused-ring (bicyclic) bond motifs is 14. The topological polar surface area (TPSA) is 64.3 Å². The van der Waals surface area contributed by atoms with Crippen LogP contribution in [0.3, 0.4) is 0 Å². The summed E-state index contributed by atoms with van der Waals surface area (Å²) in [6.45, 7) is 8.50. The first-order chi connectivity index (χ1) is 31.1. The van der Waals surface area contributed by atoms with Gasteiger partial charge < -0.3 is 18.0 Å². The van der Waals surface area contributed by atoms with Gasteiger partial charge in [-0.3, -0.25) is 0 Å². The largest absolute Gasteiger partial charge is 0.456 e. The van der Waals surface area contributed by atoms with Gasteiger partial charge in [0, 0.05) is 43.1 Å². The molecule has 0 aliphatic rings. The molecule has 0 spiro atoms. The number of furan rings is 2. The molecule has 7 heteroatoms. The summed E-state index contributed by atoms with van der Waals surface area (Å²) in [7, 11) is 0. The lowest BCUT2D eigenvalue weighted by molar-refractivity contribution is 0.614. The van der Waals surface area contributed by atoms with E-state index in [0.717, 1.165) is 76.5 Å². The van der Waals surface area contributed by atoms with Gasteiger partial charge in [0.05, 0.1) is 45.6 Å². The molecule has 13 aromatic rings. The fourth-order valence-corrected chi connectivity index (χ4v) is 9.97. The zero-order chi connectivity index (χ0) is 41.9. The lowest BCUT2D eigenvalue weighted by Crippen LogP contribution is -2.07. The third-order valence-electron chi connectivity index (χ3n) is 12.6. The molecule has 6 nitrogen and oxygen atoms in total. The van der Waals surface area contributed by atoms with Crippen molar-refractivity contribution in [3.8, 4) is 39.7 Å². The van der Waals surface area contributed by atoms with E-state index in [4.69, 9.17) is 15.4 Å². The first kappa shape index (κ1) is 34.9. The summed E-state index contributed by atoms with van der Waals surface area (Å²) in [5.41, 5.74) is 9.98. The molecule has 0 aliphatic heterocycles. The second kappa shape index (κ2) is 13.0. The normalized spacial score (nSPS) is 11.9. The number of para-hydroxylation sites is 2. The third kappa shape index (κ3) is 4.85. The van der Waals surface area contributed by atoms with E-state index in [9.17, 15) is 5.26 Å². The maximum atomic E-state index is 18.7. The van der Waals surface area contributed by atoms with Crippen LogP contribution in [0.2, 0.25) is 0 Å². The zero-order valence-corrected chi connectivity index (χ0v) is 33.2. The molecule has 0 radical (unpaired) electrons. The predicted molar refractivity (Wildman–Crippen MR) is 251 cm³/mol. The van der Waals surface area contributed by atoms with Crippen LogP contribution in [-0.4, -0.2) is 9.13 Å². The smallest absolute Gasteiger partial charge is 0.215 e. The number of nitrogens with zero attached hydrogens (tertiary/aromatic N) is 4. The summed E-state index contributed by atoms with van der Waals surface area (Å²) < 4.78 is 35.2. The minimum Gasteiger partial charge on any atom is -0.456 e. The maximum Gasteiger partial charge on any atom is 0.215 e. The summed E-state index contributed by atoms with van der Waals surface area (Å²) in [6, 6.07) is 60.1. The first-order valence-corrected chi connectivity index (χ1v) is 20.6. The van der Waals surface area contributed by atoms with Crippen molar-refractivity contribution in [1.82, 2.24) is 9.13 Å². The molecular weight excluding hydrogens is 780 g/mol. The van der Waals surface area contributed by atoms with Crippen molar-refractivity contribution in [2.75, 3.05) is 0 Å². The van der Waals surface area contributed by atoms with E-state index in [1.807, 2.05) is 143 Å². The summed E-state index contributed by atoms with van der Waals surface area (Å²) in [5.74, 6) is -0.689. The molecule has 0 saturated heterocycles. The number of halogens is 1. The minimum absolute atomic E-state index is 0.0197. The van der Waals surface area contributed by atoms with Crippen LogP contribution < -0.4 is 0 Å². The average molecular weight is 809 g/mol. The van der Waals surface area contributed by atoms with Gasteiger partial charge in [-0.15, -0.1) is 0 Å². The fraction of sp³-hybridized carbons (Fsp3) is 0. The molecule has 4 aromatic heterocycles. The van der Waals surface area contributed by atoms with Gasteiger partial charge in [-0.1, -0.05) is 109 Å². The Morgan fingerprint density at radius 3 is 1.40 bits per heavy atom. The van der Waals surface area contributed by atoms with Crippen LogP contribution in [0, 0.1) is 23.7 Å². The van der Waals surface area contributed by atoms with Crippen molar-refractivity contribution in [3.05, 3.63) is 199 Å². The SMILES string of the molecule is [C-]#[N+]c1cc(C#N)c(-n2c3ccc(-c4ccccc4)cc3c3c4c(ccc32)oc2ccccc24)c(F)c1-n1c2ccc(-c3ccccc3)cc2c2c3c(ccc21)oc1ccccc13. The molecule has 63 heavy (non-hydrogen) atoms. The highest BCUT2D eigenvalue weighted by atomic mass is 19.1. The zero-order valence-electron chi connectivity index (χ0n) is 33.2. The van der Waals surface area contributed by atoms with Crippen LogP contribution in [-0.2, 0) is 0 Å². The first-order valence-electron chi connectivity index (χ1n) is 20.6. The van der Waals surface area contributed by atoms with Gasteiger partial charge in [0.2, 0.25) is 5.69 Å². The summed E-state index contributed by atoms with van der Waals surface area (Å²) in [4.78, 5) is 3.94. The monoisotopic (exact) mass is 808 g/mol. The van der Waals surface area contributed by atoms with E-state index >= 15 is 4.39 Å². The highest BCUT2D eigenvalue weighted by Gasteiger charge is 2.29. The van der Waals surface area contributed by atoms with E-state index in [1.54, 1.807) is 0 Å². The van der Waals surface area contributed by atoms with Crippen LogP contribution >= 0.6 is 0 Å². The Bertz CT molecular complexity index is 3910. The van der Waals surface area contributed by atoms with Crippen molar-refractivity contribution in [3.63, 3.8) is 0 Å². The van der Waals surface area contributed by atoms with Crippen LogP contribution in [0.4, 0.5) is 10.1 Å². The van der Waals surface area contributed by atoms with Gasteiger partial charge in [-0.25, -0.2) is 9.24 Å². The van der Waals surface area contributed by atoms with E-state index in [2.05, 4.69) is 47.3 Å². The standard InChI is InChI=1S/C56H29FN4O2/c1-59-41-30-36(31-58)55(60-42-22-20-34(32-12-4-2-5-13-32)28-39(42)50-44(60)24-26-48-52(50)37-16-8-10-18-46(37)62-48)54(57)56(41)61-43-23-21-35(33-14-6-3-7-15-33)29-40(43)51-45(61)25-27-49-53(51)38-17-9-11-19-47(38)63-49/h2-30H. The number of hydrogen-bond acceptors (Lipinski definition) is 3. The summed E-state index contributed by atoms with van der Waals surface area (Å²) in [6.07, 6.45) is 0. The molecule has 0 atom stereocenters. The van der Waals surface area contributed by atoms with E-state index in [-0.39, 0.29) is 22.6 Å². The molecule has 292 valence electrons. The van der Waals surface area contributed by atoms with E-state index < -0.39 is 5.82 Å². The molecule has 0 saturated carbocycles. The molecule has 0 amide bonds. The highest BCUT2D eigenvalue weighted by Crippen LogP contribution is 2.48.